The van der Waals surface area contributed by atoms with E-state index in [1.165, 1.54) is 64.8 Å². The second-order valence-corrected chi connectivity index (χ2v) is 6.87. The summed E-state index contributed by atoms with van der Waals surface area (Å²) in [5.74, 6) is 0.617. The van der Waals surface area contributed by atoms with Crippen LogP contribution in [0.4, 0.5) is 0 Å². The van der Waals surface area contributed by atoms with E-state index in [0.29, 0.717) is 12.0 Å². The highest BCUT2D eigenvalue weighted by Crippen LogP contribution is 2.21. The fourth-order valence-corrected chi connectivity index (χ4v) is 3.46. The van der Waals surface area contributed by atoms with Crippen LogP contribution in [0.15, 0.2) is 0 Å². The van der Waals surface area contributed by atoms with Gasteiger partial charge in [0.15, 0.2) is 0 Å². The van der Waals surface area contributed by atoms with E-state index in [9.17, 15) is 0 Å². The third-order valence-electron chi connectivity index (χ3n) is 5.10. The molecule has 2 heterocycles. The Bertz CT molecular complexity index is 240. The molecule has 2 aliphatic rings. The maximum atomic E-state index is 6.14. The maximum Gasteiger partial charge on any atom is 0.0120 e. The van der Waals surface area contributed by atoms with Crippen molar-refractivity contribution >= 4 is 0 Å². The highest BCUT2D eigenvalue weighted by atomic mass is 15.2. The summed E-state index contributed by atoms with van der Waals surface area (Å²) in [6.45, 7) is 10.9. The second kappa shape index (κ2) is 7.61. The zero-order valence-corrected chi connectivity index (χ0v) is 13.0. The molecule has 3 nitrogen and oxygen atoms in total. The number of nitrogens with zero attached hydrogens (tertiary/aromatic N) is 2. The Labute approximate surface area is 119 Å². The second-order valence-electron chi connectivity index (χ2n) is 6.87. The topological polar surface area (TPSA) is 32.5 Å². The van der Waals surface area contributed by atoms with Crippen molar-refractivity contribution in [2.75, 3.05) is 32.7 Å². The van der Waals surface area contributed by atoms with Gasteiger partial charge < -0.3 is 15.5 Å². The molecule has 0 amide bonds. The molecule has 112 valence electrons. The Morgan fingerprint density at radius 3 is 2.21 bits per heavy atom. The molecule has 0 aromatic rings. The van der Waals surface area contributed by atoms with E-state index in [4.69, 9.17) is 5.73 Å². The minimum Gasteiger partial charge on any atom is -0.327 e. The summed E-state index contributed by atoms with van der Waals surface area (Å²) in [6.07, 6.45) is 8.19. The summed E-state index contributed by atoms with van der Waals surface area (Å²) in [5, 5.41) is 0. The quantitative estimate of drug-likeness (QED) is 0.829. The fourth-order valence-electron chi connectivity index (χ4n) is 3.46. The molecule has 1 atom stereocenters. The van der Waals surface area contributed by atoms with Gasteiger partial charge in [-0.3, -0.25) is 0 Å². The minimum absolute atomic E-state index is 0.375. The van der Waals surface area contributed by atoms with Crippen molar-refractivity contribution in [1.82, 2.24) is 9.80 Å². The Morgan fingerprint density at radius 1 is 1.00 bits per heavy atom. The molecule has 0 bridgehead atoms. The molecule has 0 aromatic heterocycles. The number of nitrogens with two attached hydrogens (primary N) is 1. The molecule has 2 fully saturated rings. The smallest absolute Gasteiger partial charge is 0.0120 e. The van der Waals surface area contributed by atoms with Gasteiger partial charge in [0.2, 0.25) is 0 Å². The minimum atomic E-state index is 0.375. The first-order chi connectivity index (χ1) is 9.16. The van der Waals surface area contributed by atoms with E-state index in [1.54, 1.807) is 0 Å². The van der Waals surface area contributed by atoms with Gasteiger partial charge in [-0.1, -0.05) is 20.3 Å². The molecule has 0 saturated carbocycles. The van der Waals surface area contributed by atoms with Crippen molar-refractivity contribution in [3.63, 3.8) is 0 Å². The summed E-state index contributed by atoms with van der Waals surface area (Å²) < 4.78 is 0. The van der Waals surface area contributed by atoms with Crippen LogP contribution in [0.25, 0.3) is 0 Å². The summed E-state index contributed by atoms with van der Waals surface area (Å²) in [5.41, 5.74) is 6.14. The standard InChI is InChI=1S/C16H33N3/c1-14(2)16(17)8-13-18-11-6-15(7-12-18)19-9-4-3-5-10-19/h14-16H,3-13,17H2,1-2H3. The van der Waals surface area contributed by atoms with Gasteiger partial charge in [0.05, 0.1) is 0 Å². The van der Waals surface area contributed by atoms with Crippen molar-refractivity contribution in [3.05, 3.63) is 0 Å². The lowest BCUT2D eigenvalue weighted by molar-refractivity contribution is 0.0906. The third kappa shape index (κ3) is 4.73. The number of hydrogen-bond acceptors (Lipinski definition) is 3. The van der Waals surface area contributed by atoms with Crippen LogP contribution in [0.2, 0.25) is 0 Å². The summed E-state index contributed by atoms with van der Waals surface area (Å²) in [4.78, 5) is 5.38. The zero-order chi connectivity index (χ0) is 13.7. The van der Waals surface area contributed by atoms with Gasteiger partial charge in [0.1, 0.15) is 0 Å². The van der Waals surface area contributed by atoms with Crippen LogP contribution in [0, 0.1) is 5.92 Å². The van der Waals surface area contributed by atoms with E-state index in [1.807, 2.05) is 0 Å². The van der Waals surface area contributed by atoms with Crippen LogP contribution in [0.1, 0.15) is 52.4 Å². The van der Waals surface area contributed by atoms with Crippen molar-refractivity contribution in [2.45, 2.75) is 64.5 Å². The van der Waals surface area contributed by atoms with E-state index in [0.717, 1.165) is 12.5 Å². The van der Waals surface area contributed by atoms with Crippen molar-refractivity contribution in [2.24, 2.45) is 11.7 Å². The molecule has 19 heavy (non-hydrogen) atoms. The van der Waals surface area contributed by atoms with Crippen LogP contribution < -0.4 is 5.73 Å². The fraction of sp³-hybridized carbons (Fsp3) is 1.00. The third-order valence-corrected chi connectivity index (χ3v) is 5.10. The lowest BCUT2D eigenvalue weighted by atomic mass is 9.98. The van der Waals surface area contributed by atoms with Gasteiger partial charge in [0, 0.05) is 12.1 Å². The lowest BCUT2D eigenvalue weighted by Gasteiger charge is -2.40. The van der Waals surface area contributed by atoms with Gasteiger partial charge >= 0.3 is 0 Å². The predicted octanol–water partition coefficient (Wildman–Crippen LogP) is 2.31. The SMILES string of the molecule is CC(C)C(N)CCN1CCC(N2CCCCC2)CC1. The van der Waals surface area contributed by atoms with Crippen LogP contribution in [-0.4, -0.2) is 54.6 Å². The lowest BCUT2D eigenvalue weighted by Crippen LogP contribution is -2.47. The van der Waals surface area contributed by atoms with Gasteiger partial charge in [-0.05, 0) is 70.7 Å². The Kier molecular flexibility index (Phi) is 6.11. The summed E-state index contributed by atoms with van der Waals surface area (Å²) in [7, 11) is 0. The molecule has 0 radical (unpaired) electrons. The Balaban J connectivity index is 1.64. The first kappa shape index (κ1) is 15.3. The predicted molar refractivity (Wildman–Crippen MR) is 82.3 cm³/mol. The largest absolute Gasteiger partial charge is 0.327 e. The van der Waals surface area contributed by atoms with Gasteiger partial charge in [-0.2, -0.15) is 0 Å². The van der Waals surface area contributed by atoms with E-state index in [-0.39, 0.29) is 0 Å². The molecule has 2 rings (SSSR count). The monoisotopic (exact) mass is 267 g/mol. The summed E-state index contributed by atoms with van der Waals surface area (Å²) >= 11 is 0. The first-order valence-electron chi connectivity index (χ1n) is 8.39. The van der Waals surface area contributed by atoms with Crippen LogP contribution in [0.3, 0.4) is 0 Å². The zero-order valence-electron chi connectivity index (χ0n) is 13.0. The number of hydrogen-bond donors (Lipinski definition) is 1. The Hall–Kier alpha value is -0.120. The average molecular weight is 267 g/mol. The molecule has 2 saturated heterocycles. The number of piperidine rings is 2. The van der Waals surface area contributed by atoms with Crippen molar-refractivity contribution in [3.8, 4) is 0 Å². The molecule has 0 spiro atoms. The first-order valence-corrected chi connectivity index (χ1v) is 8.39. The number of rotatable bonds is 5. The highest BCUT2D eigenvalue weighted by molar-refractivity contribution is 4.82. The highest BCUT2D eigenvalue weighted by Gasteiger charge is 2.25. The van der Waals surface area contributed by atoms with Crippen molar-refractivity contribution < 1.29 is 0 Å². The van der Waals surface area contributed by atoms with Gasteiger partial charge in [-0.25, -0.2) is 0 Å². The molecule has 0 aromatic carbocycles. The molecule has 2 N–H and O–H groups in total. The molecule has 1 unspecified atom stereocenters. The van der Waals surface area contributed by atoms with E-state index >= 15 is 0 Å². The maximum absolute atomic E-state index is 6.14. The van der Waals surface area contributed by atoms with Crippen molar-refractivity contribution in [1.29, 1.82) is 0 Å². The molecule has 0 aliphatic carbocycles. The molecular formula is C16H33N3. The van der Waals surface area contributed by atoms with Gasteiger partial charge in [-0.15, -0.1) is 0 Å². The summed E-state index contributed by atoms with van der Waals surface area (Å²) in [6, 6.07) is 1.25. The Morgan fingerprint density at radius 2 is 1.63 bits per heavy atom. The van der Waals surface area contributed by atoms with E-state index in [2.05, 4.69) is 23.6 Å². The van der Waals surface area contributed by atoms with Crippen LogP contribution in [-0.2, 0) is 0 Å². The number of likely N-dealkylation sites (tertiary alicyclic amines) is 2. The molecule has 2 aliphatic heterocycles. The molecule has 3 heteroatoms. The molecular weight excluding hydrogens is 234 g/mol. The van der Waals surface area contributed by atoms with Crippen LogP contribution >= 0.6 is 0 Å². The normalized spacial score (nSPS) is 25.9. The van der Waals surface area contributed by atoms with Crippen LogP contribution in [0.5, 0.6) is 0 Å². The average Bonchev–Trinajstić information content (AvgIpc) is 2.46. The van der Waals surface area contributed by atoms with E-state index < -0.39 is 0 Å². The van der Waals surface area contributed by atoms with Gasteiger partial charge in [0.25, 0.3) is 0 Å².